The predicted molar refractivity (Wildman–Crippen MR) is 71.6 cm³/mol. The summed E-state index contributed by atoms with van der Waals surface area (Å²) >= 11 is 0. The zero-order valence-electron chi connectivity index (χ0n) is 11.9. The zero-order chi connectivity index (χ0) is 14.3. The minimum Gasteiger partial charge on any atom is -0.356 e. The van der Waals surface area contributed by atoms with E-state index in [1.54, 1.807) is 11.9 Å². The van der Waals surface area contributed by atoms with E-state index in [-0.39, 0.29) is 29.1 Å². The van der Waals surface area contributed by atoms with Gasteiger partial charge in [-0.2, -0.15) is 0 Å². The van der Waals surface area contributed by atoms with Gasteiger partial charge in [-0.15, -0.1) is 0 Å². The molecule has 1 atom stereocenters. The maximum Gasteiger partial charge on any atom is 0.227 e. The Kier molecular flexibility index (Phi) is 3.18. The fourth-order valence-corrected chi connectivity index (χ4v) is 3.59. The molecule has 3 amide bonds. The molecule has 3 heterocycles. The van der Waals surface area contributed by atoms with Gasteiger partial charge in [-0.3, -0.25) is 14.4 Å². The van der Waals surface area contributed by atoms with E-state index in [0.29, 0.717) is 32.5 Å². The van der Waals surface area contributed by atoms with Crippen molar-refractivity contribution in [1.29, 1.82) is 0 Å². The van der Waals surface area contributed by atoms with Gasteiger partial charge in [-0.25, -0.2) is 0 Å². The van der Waals surface area contributed by atoms with Gasteiger partial charge in [0.2, 0.25) is 17.7 Å². The van der Waals surface area contributed by atoms with Crippen LogP contribution in [0.4, 0.5) is 0 Å². The molecule has 0 saturated carbocycles. The van der Waals surface area contributed by atoms with Crippen LogP contribution in [0.5, 0.6) is 0 Å². The lowest BCUT2D eigenvalue weighted by Gasteiger charge is -2.39. The third-order valence-corrected chi connectivity index (χ3v) is 5.02. The second-order valence-corrected chi connectivity index (χ2v) is 6.45. The Balaban J connectivity index is 1.57. The Morgan fingerprint density at radius 3 is 2.50 bits per heavy atom. The summed E-state index contributed by atoms with van der Waals surface area (Å²) in [6.07, 6.45) is 2.71. The quantitative estimate of drug-likeness (QED) is 0.709. The van der Waals surface area contributed by atoms with Crippen molar-refractivity contribution in [3.63, 3.8) is 0 Å². The average Bonchev–Trinajstić information content (AvgIpc) is 2.94. The van der Waals surface area contributed by atoms with Crippen LogP contribution in [0.25, 0.3) is 0 Å². The number of nitrogens with zero attached hydrogens (tertiary/aromatic N) is 2. The number of nitrogens with one attached hydrogen (secondary N) is 1. The zero-order valence-corrected chi connectivity index (χ0v) is 11.9. The van der Waals surface area contributed by atoms with Crippen LogP contribution in [-0.4, -0.2) is 60.7 Å². The molecule has 0 bridgehead atoms. The molecule has 1 unspecified atom stereocenters. The van der Waals surface area contributed by atoms with Crippen LogP contribution < -0.4 is 5.32 Å². The van der Waals surface area contributed by atoms with Crippen LogP contribution in [-0.2, 0) is 14.4 Å². The fourth-order valence-electron chi connectivity index (χ4n) is 3.59. The highest BCUT2D eigenvalue weighted by atomic mass is 16.2. The van der Waals surface area contributed by atoms with E-state index < -0.39 is 0 Å². The van der Waals surface area contributed by atoms with Gasteiger partial charge in [0.25, 0.3) is 0 Å². The van der Waals surface area contributed by atoms with E-state index in [1.807, 2.05) is 4.90 Å². The maximum atomic E-state index is 12.4. The third-order valence-electron chi connectivity index (χ3n) is 5.02. The Labute approximate surface area is 118 Å². The van der Waals surface area contributed by atoms with E-state index in [0.717, 1.165) is 19.4 Å². The first-order valence-electron chi connectivity index (χ1n) is 7.29. The summed E-state index contributed by atoms with van der Waals surface area (Å²) in [4.78, 5) is 38.8. The van der Waals surface area contributed by atoms with Crippen molar-refractivity contribution >= 4 is 17.7 Å². The number of carbonyl (C=O) groups is 3. The van der Waals surface area contributed by atoms with Gasteiger partial charge in [0.05, 0.1) is 5.92 Å². The van der Waals surface area contributed by atoms with Gasteiger partial charge in [0, 0.05) is 46.1 Å². The highest BCUT2D eigenvalue weighted by Gasteiger charge is 2.43. The smallest absolute Gasteiger partial charge is 0.227 e. The largest absolute Gasteiger partial charge is 0.356 e. The van der Waals surface area contributed by atoms with Crippen molar-refractivity contribution in [3.8, 4) is 0 Å². The highest BCUT2D eigenvalue weighted by molar-refractivity contribution is 5.89. The Morgan fingerprint density at radius 1 is 1.30 bits per heavy atom. The Morgan fingerprint density at radius 2 is 2.00 bits per heavy atom. The molecule has 6 nitrogen and oxygen atoms in total. The summed E-state index contributed by atoms with van der Waals surface area (Å²) in [7, 11) is 1.75. The van der Waals surface area contributed by atoms with Crippen LogP contribution in [0.1, 0.15) is 25.7 Å². The number of hydrogen-bond donors (Lipinski definition) is 1. The van der Waals surface area contributed by atoms with Crippen molar-refractivity contribution in [2.45, 2.75) is 25.7 Å². The van der Waals surface area contributed by atoms with Crippen molar-refractivity contribution in [3.05, 3.63) is 0 Å². The number of rotatable bonds is 1. The van der Waals surface area contributed by atoms with Crippen LogP contribution in [0.15, 0.2) is 0 Å². The summed E-state index contributed by atoms with van der Waals surface area (Å²) in [6.45, 7) is 2.71. The van der Waals surface area contributed by atoms with E-state index >= 15 is 0 Å². The van der Waals surface area contributed by atoms with Crippen molar-refractivity contribution in [2.24, 2.45) is 11.3 Å². The monoisotopic (exact) mass is 279 g/mol. The molecular weight excluding hydrogens is 258 g/mol. The molecule has 3 fully saturated rings. The molecule has 0 aromatic heterocycles. The average molecular weight is 279 g/mol. The topological polar surface area (TPSA) is 69.7 Å². The summed E-state index contributed by atoms with van der Waals surface area (Å²) < 4.78 is 0. The maximum absolute atomic E-state index is 12.4. The van der Waals surface area contributed by atoms with Crippen molar-refractivity contribution in [2.75, 3.05) is 33.2 Å². The molecule has 6 heteroatoms. The molecule has 3 aliphatic rings. The third kappa shape index (κ3) is 2.27. The van der Waals surface area contributed by atoms with Crippen LogP contribution in [0, 0.1) is 11.3 Å². The summed E-state index contributed by atoms with van der Waals surface area (Å²) in [5.41, 5.74) is 0.0656. The van der Waals surface area contributed by atoms with Crippen molar-refractivity contribution < 1.29 is 14.4 Å². The van der Waals surface area contributed by atoms with Gasteiger partial charge in [0.15, 0.2) is 0 Å². The van der Waals surface area contributed by atoms with Gasteiger partial charge in [-0.1, -0.05) is 0 Å². The van der Waals surface area contributed by atoms with E-state index in [9.17, 15) is 14.4 Å². The van der Waals surface area contributed by atoms with E-state index in [2.05, 4.69) is 5.32 Å². The summed E-state index contributed by atoms with van der Waals surface area (Å²) in [5.74, 6) is 0.120. The number of carbonyl (C=O) groups excluding carboxylic acids is 3. The lowest BCUT2D eigenvalue weighted by Crippen LogP contribution is -2.46. The molecule has 3 rings (SSSR count). The van der Waals surface area contributed by atoms with Crippen LogP contribution in [0.2, 0.25) is 0 Å². The molecule has 3 aliphatic heterocycles. The molecule has 0 aromatic carbocycles. The number of amides is 3. The molecule has 1 spiro atoms. The van der Waals surface area contributed by atoms with E-state index in [4.69, 9.17) is 0 Å². The van der Waals surface area contributed by atoms with Gasteiger partial charge < -0.3 is 15.1 Å². The van der Waals surface area contributed by atoms with Crippen LogP contribution in [0.3, 0.4) is 0 Å². The number of likely N-dealkylation sites (tertiary alicyclic amines) is 2. The molecular formula is C14H21N3O3. The molecule has 20 heavy (non-hydrogen) atoms. The summed E-state index contributed by atoms with van der Waals surface area (Å²) in [5, 5.41) is 2.90. The summed E-state index contributed by atoms with van der Waals surface area (Å²) in [6, 6.07) is 0. The Bertz CT molecular complexity index is 455. The van der Waals surface area contributed by atoms with Gasteiger partial charge >= 0.3 is 0 Å². The van der Waals surface area contributed by atoms with Crippen molar-refractivity contribution in [1.82, 2.24) is 15.1 Å². The molecule has 0 radical (unpaired) electrons. The van der Waals surface area contributed by atoms with Gasteiger partial charge in [-0.05, 0) is 18.3 Å². The first-order valence-corrected chi connectivity index (χ1v) is 7.29. The highest BCUT2D eigenvalue weighted by Crippen LogP contribution is 2.38. The SMILES string of the molecule is CN1CC(C(=O)N2CCC3(CC2)CNC(=O)C3)CC1=O. The molecule has 0 aliphatic carbocycles. The van der Waals surface area contributed by atoms with E-state index in [1.165, 1.54) is 0 Å². The standard InChI is InChI=1S/C14H21N3O3/c1-16-8-10(6-12(16)19)13(20)17-4-2-14(3-5-17)7-11(18)15-9-14/h10H,2-9H2,1H3,(H,15,18). The Hall–Kier alpha value is -1.59. The first-order chi connectivity index (χ1) is 9.49. The number of hydrogen-bond acceptors (Lipinski definition) is 3. The minimum absolute atomic E-state index is 0.0578. The minimum atomic E-state index is -0.176. The molecule has 3 saturated heterocycles. The normalized spacial score (nSPS) is 29.1. The number of piperidine rings is 1. The van der Waals surface area contributed by atoms with Gasteiger partial charge in [0.1, 0.15) is 0 Å². The second-order valence-electron chi connectivity index (χ2n) is 6.45. The predicted octanol–water partition coefficient (Wildman–Crippen LogP) is -0.407. The van der Waals surface area contributed by atoms with Crippen LogP contribution >= 0.6 is 0 Å². The molecule has 1 N–H and O–H groups in total. The molecule has 110 valence electrons. The first kappa shape index (κ1) is 13.4. The lowest BCUT2D eigenvalue weighted by molar-refractivity contribution is -0.138. The second kappa shape index (κ2) is 4.75. The lowest BCUT2D eigenvalue weighted by atomic mass is 9.77. The fraction of sp³-hybridized carbons (Fsp3) is 0.786. The molecule has 0 aromatic rings.